The quantitative estimate of drug-likeness (QED) is 0.714. The minimum atomic E-state index is -0.465. The molecule has 2 aliphatic carbocycles. The van der Waals surface area contributed by atoms with E-state index in [0.29, 0.717) is 5.92 Å². The molecule has 84 valence electrons. The fraction of sp³-hybridized carbons (Fsp3) is 0.818. The number of amides is 2. The highest BCUT2D eigenvalue weighted by Gasteiger charge is 2.51. The van der Waals surface area contributed by atoms with Crippen molar-refractivity contribution >= 4 is 11.8 Å². The molecule has 2 rings (SSSR count). The molecule has 2 aliphatic rings. The highest BCUT2D eigenvalue weighted by Crippen LogP contribution is 2.54. The summed E-state index contributed by atoms with van der Waals surface area (Å²) in [5.74, 6) is 0.138. The van der Waals surface area contributed by atoms with E-state index in [0.717, 1.165) is 25.7 Å². The second-order valence-electron chi connectivity index (χ2n) is 4.79. The molecular formula is C11H18N2O2. The number of nitrogens with one attached hydrogen (secondary N) is 1. The predicted molar refractivity (Wildman–Crippen MR) is 55.8 cm³/mol. The maximum absolute atomic E-state index is 12.0. The molecule has 4 heteroatoms. The lowest BCUT2D eigenvalue weighted by Gasteiger charge is -2.27. The number of nitrogens with two attached hydrogens (primary N) is 1. The van der Waals surface area contributed by atoms with Gasteiger partial charge in [0.05, 0.1) is 12.0 Å². The third-order valence-corrected chi connectivity index (χ3v) is 4.01. The number of hydrogen-bond donors (Lipinski definition) is 2. The van der Waals surface area contributed by atoms with E-state index in [1.54, 1.807) is 0 Å². The number of carbonyl (C=O) groups is 2. The van der Waals surface area contributed by atoms with Gasteiger partial charge in [-0.3, -0.25) is 9.59 Å². The third-order valence-electron chi connectivity index (χ3n) is 4.01. The molecule has 0 saturated heterocycles. The first-order chi connectivity index (χ1) is 7.15. The van der Waals surface area contributed by atoms with Crippen LogP contribution in [0.4, 0.5) is 0 Å². The zero-order valence-corrected chi connectivity index (χ0v) is 8.92. The van der Waals surface area contributed by atoms with E-state index < -0.39 is 5.91 Å². The summed E-state index contributed by atoms with van der Waals surface area (Å²) in [4.78, 5) is 22.7. The largest absolute Gasteiger partial charge is 0.368 e. The average molecular weight is 210 g/mol. The molecule has 0 unspecified atom stereocenters. The Hall–Kier alpha value is -1.06. The van der Waals surface area contributed by atoms with Gasteiger partial charge in [0.25, 0.3) is 0 Å². The van der Waals surface area contributed by atoms with Gasteiger partial charge in [0.15, 0.2) is 0 Å². The normalized spacial score (nSPS) is 33.7. The SMILES string of the molecule is NC(=O)CNC(=O)C12CCCC1CCC2. The van der Waals surface area contributed by atoms with Gasteiger partial charge in [-0.15, -0.1) is 0 Å². The van der Waals surface area contributed by atoms with Gasteiger partial charge in [-0.2, -0.15) is 0 Å². The van der Waals surface area contributed by atoms with E-state index in [9.17, 15) is 9.59 Å². The van der Waals surface area contributed by atoms with Crippen LogP contribution in [-0.2, 0) is 9.59 Å². The van der Waals surface area contributed by atoms with Gasteiger partial charge in [-0.1, -0.05) is 12.8 Å². The lowest BCUT2D eigenvalue weighted by Crippen LogP contribution is -2.44. The molecule has 0 bridgehead atoms. The molecule has 2 amide bonds. The Morgan fingerprint density at radius 1 is 1.27 bits per heavy atom. The second-order valence-corrected chi connectivity index (χ2v) is 4.79. The Morgan fingerprint density at radius 2 is 1.87 bits per heavy atom. The Balaban J connectivity index is 2.01. The molecule has 4 nitrogen and oxygen atoms in total. The van der Waals surface area contributed by atoms with Gasteiger partial charge >= 0.3 is 0 Å². The molecule has 0 aromatic carbocycles. The number of primary amides is 1. The first kappa shape index (κ1) is 10.5. The molecule has 0 atom stereocenters. The molecule has 2 saturated carbocycles. The Kier molecular flexibility index (Phi) is 2.67. The van der Waals surface area contributed by atoms with Crippen LogP contribution >= 0.6 is 0 Å². The fourth-order valence-electron chi connectivity index (χ4n) is 3.31. The number of fused-ring (bicyclic) bond motifs is 1. The highest BCUT2D eigenvalue weighted by atomic mass is 16.2. The molecule has 0 aromatic heterocycles. The summed E-state index contributed by atoms with van der Waals surface area (Å²) >= 11 is 0. The minimum Gasteiger partial charge on any atom is -0.368 e. The van der Waals surface area contributed by atoms with E-state index in [2.05, 4.69) is 5.32 Å². The van der Waals surface area contributed by atoms with E-state index in [1.807, 2.05) is 0 Å². The van der Waals surface area contributed by atoms with E-state index in [1.165, 1.54) is 12.8 Å². The maximum Gasteiger partial charge on any atom is 0.236 e. The van der Waals surface area contributed by atoms with Gasteiger partial charge in [0, 0.05) is 0 Å². The average Bonchev–Trinajstić information content (AvgIpc) is 2.72. The monoisotopic (exact) mass is 210 g/mol. The summed E-state index contributed by atoms with van der Waals surface area (Å²) in [5, 5.41) is 2.67. The molecule has 0 aromatic rings. The summed E-state index contributed by atoms with van der Waals surface area (Å²) in [6.45, 7) is -0.0205. The van der Waals surface area contributed by atoms with Crippen molar-refractivity contribution in [3.63, 3.8) is 0 Å². The van der Waals surface area contributed by atoms with Crippen LogP contribution in [0, 0.1) is 11.3 Å². The fourth-order valence-corrected chi connectivity index (χ4v) is 3.31. The van der Waals surface area contributed by atoms with E-state index >= 15 is 0 Å². The molecule has 0 aliphatic heterocycles. The molecule has 0 spiro atoms. The smallest absolute Gasteiger partial charge is 0.236 e. The zero-order chi connectivity index (χ0) is 10.9. The van der Waals surface area contributed by atoms with Crippen molar-refractivity contribution in [3.8, 4) is 0 Å². The minimum absolute atomic E-state index is 0.0205. The zero-order valence-electron chi connectivity index (χ0n) is 8.92. The van der Waals surface area contributed by atoms with Crippen LogP contribution in [-0.4, -0.2) is 18.4 Å². The summed E-state index contributed by atoms with van der Waals surface area (Å²) in [7, 11) is 0. The van der Waals surface area contributed by atoms with Gasteiger partial charge < -0.3 is 11.1 Å². The molecule has 3 N–H and O–H groups in total. The lowest BCUT2D eigenvalue weighted by atomic mass is 9.79. The van der Waals surface area contributed by atoms with Crippen molar-refractivity contribution in [2.45, 2.75) is 38.5 Å². The van der Waals surface area contributed by atoms with Crippen molar-refractivity contribution in [1.82, 2.24) is 5.32 Å². The van der Waals surface area contributed by atoms with Crippen LogP contribution in [0.15, 0.2) is 0 Å². The van der Waals surface area contributed by atoms with E-state index in [4.69, 9.17) is 5.73 Å². The Labute approximate surface area is 89.6 Å². The topological polar surface area (TPSA) is 72.2 Å². The first-order valence-corrected chi connectivity index (χ1v) is 5.72. The Bertz CT molecular complexity index is 278. The predicted octanol–water partition coefficient (Wildman–Crippen LogP) is 0.558. The number of hydrogen-bond acceptors (Lipinski definition) is 2. The maximum atomic E-state index is 12.0. The van der Waals surface area contributed by atoms with Crippen LogP contribution < -0.4 is 11.1 Å². The Morgan fingerprint density at radius 3 is 2.40 bits per heavy atom. The van der Waals surface area contributed by atoms with Crippen molar-refractivity contribution in [2.75, 3.05) is 6.54 Å². The lowest BCUT2D eigenvalue weighted by molar-refractivity contribution is -0.133. The molecular weight excluding hydrogens is 192 g/mol. The van der Waals surface area contributed by atoms with Crippen LogP contribution in [0.3, 0.4) is 0 Å². The van der Waals surface area contributed by atoms with Crippen molar-refractivity contribution in [3.05, 3.63) is 0 Å². The molecule has 0 radical (unpaired) electrons. The summed E-state index contributed by atoms with van der Waals surface area (Å²) in [6, 6.07) is 0. The van der Waals surface area contributed by atoms with Crippen LogP contribution in [0.1, 0.15) is 38.5 Å². The molecule has 2 fully saturated rings. The second kappa shape index (κ2) is 3.83. The van der Waals surface area contributed by atoms with Gasteiger partial charge in [0.1, 0.15) is 0 Å². The summed E-state index contributed by atoms with van der Waals surface area (Å²) < 4.78 is 0. The van der Waals surface area contributed by atoms with Crippen LogP contribution in [0.5, 0.6) is 0 Å². The molecule has 0 heterocycles. The standard InChI is InChI=1S/C11H18N2O2/c12-9(14)7-13-10(15)11-5-1-3-8(11)4-2-6-11/h8H,1-7H2,(H2,12,14)(H,13,15). The molecule has 15 heavy (non-hydrogen) atoms. The first-order valence-electron chi connectivity index (χ1n) is 5.72. The van der Waals surface area contributed by atoms with Gasteiger partial charge in [-0.25, -0.2) is 0 Å². The van der Waals surface area contributed by atoms with Crippen molar-refractivity contribution < 1.29 is 9.59 Å². The van der Waals surface area contributed by atoms with Gasteiger partial charge in [0.2, 0.25) is 11.8 Å². The highest BCUT2D eigenvalue weighted by molar-refractivity contribution is 5.88. The van der Waals surface area contributed by atoms with Crippen molar-refractivity contribution in [2.24, 2.45) is 17.1 Å². The van der Waals surface area contributed by atoms with Crippen molar-refractivity contribution in [1.29, 1.82) is 0 Å². The summed E-state index contributed by atoms with van der Waals surface area (Å²) in [6.07, 6.45) is 6.61. The van der Waals surface area contributed by atoms with Crippen LogP contribution in [0.2, 0.25) is 0 Å². The van der Waals surface area contributed by atoms with Crippen LogP contribution in [0.25, 0.3) is 0 Å². The number of carbonyl (C=O) groups excluding carboxylic acids is 2. The van der Waals surface area contributed by atoms with E-state index in [-0.39, 0.29) is 17.9 Å². The number of rotatable bonds is 3. The third kappa shape index (κ3) is 1.73. The van der Waals surface area contributed by atoms with Gasteiger partial charge in [-0.05, 0) is 31.6 Å². The summed E-state index contributed by atoms with van der Waals surface area (Å²) in [5.41, 5.74) is 4.86.